The normalized spacial score (nSPS) is 46.5. The third-order valence-electron chi connectivity index (χ3n) is 7.21. The second-order valence-corrected chi connectivity index (χ2v) is 8.29. The zero-order valence-corrected chi connectivity index (χ0v) is 13.2. The fraction of sp³-hybridized carbons (Fsp3) is 1.00. The SMILES string of the molecule is C1CCC[NH+](C2CC[NH+]([C@H]3C[C@H]4CC[C@@H]3C4)CC2)CC1. The van der Waals surface area contributed by atoms with Crippen LogP contribution in [0.4, 0.5) is 0 Å². The summed E-state index contributed by atoms with van der Waals surface area (Å²) in [6.45, 7) is 5.96. The minimum absolute atomic E-state index is 1.02. The summed E-state index contributed by atoms with van der Waals surface area (Å²) >= 11 is 0. The van der Waals surface area contributed by atoms with Crippen LogP contribution in [0.5, 0.6) is 0 Å². The van der Waals surface area contributed by atoms with Crippen LogP contribution in [0.15, 0.2) is 0 Å². The molecular formula is C18H34N2+2. The first-order chi connectivity index (χ1) is 9.90. The van der Waals surface area contributed by atoms with Crippen molar-refractivity contribution in [2.45, 2.75) is 76.3 Å². The minimum Gasteiger partial charge on any atom is -0.332 e. The van der Waals surface area contributed by atoms with E-state index in [9.17, 15) is 0 Å². The van der Waals surface area contributed by atoms with Crippen LogP contribution in [0, 0.1) is 11.8 Å². The molecule has 3 atom stereocenters. The fourth-order valence-corrected chi connectivity index (χ4v) is 6.10. The molecule has 2 bridgehead atoms. The van der Waals surface area contributed by atoms with E-state index >= 15 is 0 Å². The molecular weight excluding hydrogens is 244 g/mol. The van der Waals surface area contributed by atoms with Gasteiger partial charge in [0, 0.05) is 25.2 Å². The Kier molecular flexibility index (Phi) is 4.05. The smallest absolute Gasteiger partial charge is 0.0983 e. The number of rotatable bonds is 2. The van der Waals surface area contributed by atoms with Crippen LogP contribution in [0.25, 0.3) is 0 Å². The zero-order chi connectivity index (χ0) is 13.4. The molecule has 2 aliphatic carbocycles. The van der Waals surface area contributed by atoms with E-state index < -0.39 is 0 Å². The van der Waals surface area contributed by atoms with Gasteiger partial charge in [0.2, 0.25) is 0 Å². The fourth-order valence-electron chi connectivity index (χ4n) is 6.10. The lowest BCUT2D eigenvalue weighted by molar-refractivity contribution is -0.969. The third kappa shape index (κ3) is 2.66. The van der Waals surface area contributed by atoms with Gasteiger partial charge >= 0.3 is 0 Å². The summed E-state index contributed by atoms with van der Waals surface area (Å²) in [4.78, 5) is 4.00. The molecule has 0 amide bonds. The summed E-state index contributed by atoms with van der Waals surface area (Å²) in [5.74, 6) is 2.25. The molecule has 4 rings (SSSR count). The molecule has 2 aliphatic heterocycles. The van der Waals surface area contributed by atoms with Gasteiger partial charge in [0.05, 0.1) is 38.3 Å². The van der Waals surface area contributed by atoms with E-state index in [1.807, 2.05) is 9.80 Å². The molecule has 0 aromatic heterocycles. The zero-order valence-electron chi connectivity index (χ0n) is 13.2. The Bertz CT molecular complexity index is 313. The Labute approximate surface area is 124 Å². The number of quaternary nitrogens is 2. The summed E-state index contributed by atoms with van der Waals surface area (Å²) in [5.41, 5.74) is 0. The molecule has 2 heteroatoms. The van der Waals surface area contributed by atoms with E-state index in [1.165, 1.54) is 64.7 Å². The Morgan fingerprint density at radius 2 is 1.35 bits per heavy atom. The van der Waals surface area contributed by atoms with Crippen molar-refractivity contribution in [3.05, 3.63) is 0 Å². The van der Waals surface area contributed by atoms with Crippen molar-refractivity contribution in [3.63, 3.8) is 0 Å². The predicted molar refractivity (Wildman–Crippen MR) is 82.1 cm³/mol. The summed E-state index contributed by atoms with van der Waals surface area (Å²) in [7, 11) is 0. The van der Waals surface area contributed by atoms with Gasteiger partial charge in [-0.25, -0.2) is 0 Å². The van der Waals surface area contributed by atoms with Crippen LogP contribution in [-0.2, 0) is 0 Å². The standard InChI is InChI=1S/C18H32N2/c1-2-4-10-19(9-3-1)17-7-11-20(12-8-17)18-14-15-5-6-16(18)13-15/h15-18H,1-14H2/p+2/t15-,16+,18-/m0/s1. The van der Waals surface area contributed by atoms with Gasteiger partial charge in [0.25, 0.3) is 0 Å². The Morgan fingerprint density at radius 1 is 0.600 bits per heavy atom. The highest BCUT2D eigenvalue weighted by atomic mass is 15.2. The van der Waals surface area contributed by atoms with Crippen LogP contribution in [0.2, 0.25) is 0 Å². The summed E-state index contributed by atoms with van der Waals surface area (Å²) in [6.07, 6.45) is 15.4. The van der Waals surface area contributed by atoms with Crippen molar-refractivity contribution < 1.29 is 9.80 Å². The number of fused-ring (bicyclic) bond motifs is 2. The first kappa shape index (κ1) is 13.6. The molecule has 0 unspecified atom stereocenters. The lowest BCUT2D eigenvalue weighted by Gasteiger charge is -2.38. The number of nitrogens with one attached hydrogen (secondary N) is 2. The van der Waals surface area contributed by atoms with Crippen LogP contribution in [0.1, 0.15) is 64.2 Å². The number of piperidine rings is 1. The van der Waals surface area contributed by atoms with Gasteiger partial charge in [-0.15, -0.1) is 0 Å². The van der Waals surface area contributed by atoms with Crippen LogP contribution >= 0.6 is 0 Å². The topological polar surface area (TPSA) is 8.88 Å². The number of hydrogen-bond acceptors (Lipinski definition) is 0. The maximum absolute atomic E-state index is 2.02. The highest BCUT2D eigenvalue weighted by molar-refractivity contribution is 4.90. The molecule has 4 fully saturated rings. The maximum Gasteiger partial charge on any atom is 0.0983 e. The molecule has 2 saturated heterocycles. The van der Waals surface area contributed by atoms with Gasteiger partial charge in [-0.05, 0) is 50.9 Å². The van der Waals surface area contributed by atoms with Crippen LogP contribution < -0.4 is 9.80 Å². The van der Waals surface area contributed by atoms with E-state index in [2.05, 4.69) is 0 Å². The average Bonchev–Trinajstić information content (AvgIpc) is 3.02. The molecule has 2 nitrogen and oxygen atoms in total. The van der Waals surface area contributed by atoms with Gasteiger partial charge in [-0.1, -0.05) is 0 Å². The summed E-state index contributed by atoms with van der Waals surface area (Å²) in [6, 6.07) is 2.10. The molecule has 0 spiro atoms. The van der Waals surface area contributed by atoms with E-state index in [1.54, 1.807) is 25.7 Å². The summed E-state index contributed by atoms with van der Waals surface area (Å²) in [5, 5.41) is 0. The molecule has 0 aromatic rings. The van der Waals surface area contributed by atoms with E-state index in [0.29, 0.717) is 0 Å². The van der Waals surface area contributed by atoms with Crippen molar-refractivity contribution in [1.82, 2.24) is 0 Å². The lowest BCUT2D eigenvalue weighted by atomic mass is 9.91. The molecule has 2 N–H and O–H groups in total. The highest BCUT2D eigenvalue weighted by Gasteiger charge is 2.46. The number of likely N-dealkylation sites (tertiary alicyclic amines) is 2. The third-order valence-corrected chi connectivity index (χ3v) is 7.21. The monoisotopic (exact) mass is 278 g/mol. The summed E-state index contributed by atoms with van der Waals surface area (Å²) < 4.78 is 0. The molecule has 4 aliphatic rings. The Morgan fingerprint density at radius 3 is 1.95 bits per heavy atom. The van der Waals surface area contributed by atoms with Crippen LogP contribution in [0.3, 0.4) is 0 Å². The van der Waals surface area contributed by atoms with E-state index in [0.717, 1.165) is 23.9 Å². The first-order valence-corrected chi connectivity index (χ1v) is 9.59. The van der Waals surface area contributed by atoms with Crippen molar-refractivity contribution >= 4 is 0 Å². The highest BCUT2D eigenvalue weighted by Crippen LogP contribution is 2.43. The van der Waals surface area contributed by atoms with Crippen LogP contribution in [-0.4, -0.2) is 38.3 Å². The molecule has 0 radical (unpaired) electrons. The quantitative estimate of drug-likeness (QED) is 0.735. The minimum atomic E-state index is 1.02. The first-order valence-electron chi connectivity index (χ1n) is 9.59. The molecule has 2 saturated carbocycles. The molecule has 0 aromatic carbocycles. The molecule has 114 valence electrons. The van der Waals surface area contributed by atoms with Gasteiger partial charge in [0.15, 0.2) is 0 Å². The predicted octanol–water partition coefficient (Wildman–Crippen LogP) is 0.681. The Balaban J connectivity index is 1.29. The maximum atomic E-state index is 2.02. The average molecular weight is 278 g/mol. The van der Waals surface area contributed by atoms with Gasteiger partial charge in [0.1, 0.15) is 0 Å². The number of hydrogen-bond donors (Lipinski definition) is 2. The van der Waals surface area contributed by atoms with Gasteiger partial charge < -0.3 is 9.80 Å². The largest absolute Gasteiger partial charge is 0.332 e. The second kappa shape index (κ2) is 5.96. The van der Waals surface area contributed by atoms with Crippen molar-refractivity contribution in [2.75, 3.05) is 26.2 Å². The Hall–Kier alpha value is -0.0800. The lowest BCUT2D eigenvalue weighted by Crippen LogP contribution is -3.22. The van der Waals surface area contributed by atoms with E-state index in [4.69, 9.17) is 0 Å². The molecule has 2 heterocycles. The van der Waals surface area contributed by atoms with Crippen molar-refractivity contribution in [3.8, 4) is 0 Å². The van der Waals surface area contributed by atoms with Crippen molar-refractivity contribution in [2.24, 2.45) is 11.8 Å². The second-order valence-electron chi connectivity index (χ2n) is 8.29. The van der Waals surface area contributed by atoms with Gasteiger partial charge in [-0.2, -0.15) is 0 Å². The van der Waals surface area contributed by atoms with Crippen molar-refractivity contribution in [1.29, 1.82) is 0 Å². The molecule has 20 heavy (non-hydrogen) atoms. The van der Waals surface area contributed by atoms with Gasteiger partial charge in [-0.3, -0.25) is 0 Å². The van der Waals surface area contributed by atoms with E-state index in [-0.39, 0.29) is 0 Å².